The Balaban J connectivity index is 1.54. The van der Waals surface area contributed by atoms with Crippen molar-refractivity contribution in [1.82, 2.24) is 25.3 Å². The molecule has 138 valence electrons. The molecule has 4 heterocycles. The first-order chi connectivity index (χ1) is 12.8. The highest BCUT2D eigenvalue weighted by molar-refractivity contribution is 5.92. The molecular formula is C17H21N5O4. The average molecular weight is 359 g/mol. The van der Waals surface area contributed by atoms with Gasteiger partial charge in [-0.05, 0) is 38.2 Å². The predicted molar refractivity (Wildman–Crippen MR) is 88.4 cm³/mol. The first-order valence-electron chi connectivity index (χ1n) is 8.90. The van der Waals surface area contributed by atoms with Crippen molar-refractivity contribution in [2.45, 2.75) is 44.2 Å². The summed E-state index contributed by atoms with van der Waals surface area (Å²) in [6, 6.07) is 3.00. The minimum absolute atomic E-state index is 0.128. The standard InChI is InChI=1S/C17H21N5O4/c1-24-14-8-7-11(18-19-14)17(23)22-9-3-2-5-12(22)15-20-21-16(26-15)13-6-4-10-25-13/h7-8,12-13H,2-6,9-10H2,1H3/t12-,13-/m1/s1. The van der Waals surface area contributed by atoms with E-state index < -0.39 is 0 Å². The van der Waals surface area contributed by atoms with E-state index in [0.29, 0.717) is 30.8 Å². The van der Waals surface area contributed by atoms with Crippen LogP contribution < -0.4 is 4.74 Å². The van der Waals surface area contributed by atoms with Gasteiger partial charge < -0.3 is 18.8 Å². The predicted octanol–water partition coefficient (Wildman–Crippen LogP) is 2.09. The Kier molecular flexibility index (Phi) is 4.79. The second-order valence-corrected chi connectivity index (χ2v) is 6.45. The lowest BCUT2D eigenvalue weighted by molar-refractivity contribution is 0.0542. The Morgan fingerprint density at radius 2 is 2.00 bits per heavy atom. The van der Waals surface area contributed by atoms with Gasteiger partial charge in [-0.25, -0.2) is 0 Å². The fourth-order valence-electron chi connectivity index (χ4n) is 3.41. The Morgan fingerprint density at radius 1 is 1.12 bits per heavy atom. The number of aromatic nitrogens is 4. The van der Waals surface area contributed by atoms with E-state index in [2.05, 4.69) is 20.4 Å². The Bertz CT molecular complexity index is 757. The lowest BCUT2D eigenvalue weighted by Gasteiger charge is -2.33. The van der Waals surface area contributed by atoms with E-state index in [0.717, 1.165) is 32.1 Å². The molecule has 2 saturated heterocycles. The molecule has 0 aliphatic carbocycles. The van der Waals surface area contributed by atoms with Gasteiger partial charge in [0.2, 0.25) is 17.7 Å². The molecule has 2 fully saturated rings. The van der Waals surface area contributed by atoms with Crippen molar-refractivity contribution in [1.29, 1.82) is 0 Å². The summed E-state index contributed by atoms with van der Waals surface area (Å²) in [6.07, 6.45) is 4.46. The summed E-state index contributed by atoms with van der Waals surface area (Å²) in [5.41, 5.74) is 0.275. The number of ether oxygens (including phenoxy) is 2. The minimum atomic E-state index is -0.247. The van der Waals surface area contributed by atoms with Crippen LogP contribution in [0.1, 0.15) is 66.5 Å². The van der Waals surface area contributed by atoms with Crippen LogP contribution in [0.5, 0.6) is 5.88 Å². The second-order valence-electron chi connectivity index (χ2n) is 6.45. The van der Waals surface area contributed by atoms with Crippen LogP contribution in [0, 0.1) is 0 Å². The minimum Gasteiger partial charge on any atom is -0.480 e. The summed E-state index contributed by atoms with van der Waals surface area (Å²) in [4.78, 5) is 14.7. The van der Waals surface area contributed by atoms with E-state index in [4.69, 9.17) is 13.9 Å². The molecule has 9 nitrogen and oxygen atoms in total. The smallest absolute Gasteiger partial charge is 0.275 e. The molecular weight excluding hydrogens is 338 g/mol. The highest BCUT2D eigenvalue weighted by Crippen LogP contribution is 2.34. The van der Waals surface area contributed by atoms with E-state index in [1.807, 2.05) is 0 Å². The third kappa shape index (κ3) is 3.26. The van der Waals surface area contributed by atoms with Gasteiger partial charge >= 0.3 is 0 Å². The second kappa shape index (κ2) is 7.36. The molecule has 0 bridgehead atoms. The normalized spacial score (nSPS) is 23.2. The average Bonchev–Trinajstić information content (AvgIpc) is 3.39. The molecule has 2 aliphatic heterocycles. The number of methoxy groups -OCH3 is 1. The SMILES string of the molecule is COc1ccc(C(=O)N2CCCC[C@@H]2c2nnc([C@H]3CCCO3)o2)nn1. The molecule has 0 N–H and O–H groups in total. The van der Waals surface area contributed by atoms with Gasteiger partial charge in [0.1, 0.15) is 12.1 Å². The fraction of sp³-hybridized carbons (Fsp3) is 0.588. The summed E-state index contributed by atoms with van der Waals surface area (Å²) in [5.74, 6) is 1.14. The van der Waals surface area contributed by atoms with Gasteiger partial charge in [-0.3, -0.25) is 4.79 Å². The van der Waals surface area contributed by atoms with E-state index in [-0.39, 0.29) is 23.7 Å². The molecule has 4 rings (SSSR count). The van der Waals surface area contributed by atoms with Gasteiger partial charge in [0.05, 0.1) is 7.11 Å². The molecule has 0 unspecified atom stereocenters. The van der Waals surface area contributed by atoms with Gasteiger partial charge in [0.25, 0.3) is 5.91 Å². The summed E-state index contributed by atoms with van der Waals surface area (Å²) in [6.45, 7) is 1.33. The van der Waals surface area contributed by atoms with Gasteiger partial charge in [0, 0.05) is 19.2 Å². The van der Waals surface area contributed by atoms with Crippen LogP contribution in [0.25, 0.3) is 0 Å². The number of hydrogen-bond acceptors (Lipinski definition) is 8. The van der Waals surface area contributed by atoms with Crippen molar-refractivity contribution in [3.8, 4) is 5.88 Å². The molecule has 0 saturated carbocycles. The van der Waals surface area contributed by atoms with Crippen molar-refractivity contribution in [3.63, 3.8) is 0 Å². The third-order valence-corrected chi connectivity index (χ3v) is 4.78. The van der Waals surface area contributed by atoms with Crippen LogP contribution in [0.15, 0.2) is 16.5 Å². The number of hydrogen-bond donors (Lipinski definition) is 0. The zero-order chi connectivity index (χ0) is 17.9. The monoisotopic (exact) mass is 359 g/mol. The van der Waals surface area contributed by atoms with Crippen molar-refractivity contribution in [2.75, 3.05) is 20.3 Å². The van der Waals surface area contributed by atoms with Crippen LogP contribution in [-0.2, 0) is 4.74 Å². The lowest BCUT2D eigenvalue weighted by atomic mass is 10.0. The topological polar surface area (TPSA) is 103 Å². The molecule has 9 heteroatoms. The van der Waals surface area contributed by atoms with Crippen molar-refractivity contribution < 1.29 is 18.7 Å². The van der Waals surface area contributed by atoms with Crippen LogP contribution >= 0.6 is 0 Å². The molecule has 2 atom stereocenters. The summed E-state index contributed by atoms with van der Waals surface area (Å²) >= 11 is 0. The summed E-state index contributed by atoms with van der Waals surface area (Å²) in [5, 5.41) is 16.2. The van der Waals surface area contributed by atoms with Gasteiger partial charge in [0.15, 0.2) is 5.69 Å². The van der Waals surface area contributed by atoms with Gasteiger partial charge in [-0.2, -0.15) is 0 Å². The zero-order valence-electron chi connectivity index (χ0n) is 14.6. The maximum absolute atomic E-state index is 12.9. The number of rotatable bonds is 4. The maximum atomic E-state index is 12.9. The van der Waals surface area contributed by atoms with Crippen LogP contribution in [0.3, 0.4) is 0 Å². The molecule has 2 aliphatic rings. The molecule has 1 amide bonds. The highest BCUT2D eigenvalue weighted by atomic mass is 16.5. The number of likely N-dealkylation sites (tertiary alicyclic amines) is 1. The quantitative estimate of drug-likeness (QED) is 0.817. The van der Waals surface area contributed by atoms with Crippen LogP contribution in [0.4, 0.5) is 0 Å². The first kappa shape index (κ1) is 16.9. The summed E-state index contributed by atoms with van der Waals surface area (Å²) < 4.78 is 16.5. The Labute approximate surface area is 150 Å². The Hall–Kier alpha value is -2.55. The number of piperidine rings is 1. The third-order valence-electron chi connectivity index (χ3n) is 4.78. The Morgan fingerprint density at radius 3 is 2.73 bits per heavy atom. The number of nitrogens with zero attached hydrogens (tertiary/aromatic N) is 5. The molecule has 26 heavy (non-hydrogen) atoms. The van der Waals surface area contributed by atoms with E-state index in [9.17, 15) is 4.79 Å². The largest absolute Gasteiger partial charge is 0.480 e. The lowest BCUT2D eigenvalue weighted by Crippen LogP contribution is -2.39. The van der Waals surface area contributed by atoms with Crippen LogP contribution in [0.2, 0.25) is 0 Å². The first-order valence-corrected chi connectivity index (χ1v) is 8.90. The molecule has 2 aromatic rings. The number of amides is 1. The number of carbonyl (C=O) groups is 1. The van der Waals surface area contributed by atoms with E-state index >= 15 is 0 Å². The van der Waals surface area contributed by atoms with Gasteiger partial charge in [-0.15, -0.1) is 20.4 Å². The summed E-state index contributed by atoms with van der Waals surface area (Å²) in [7, 11) is 1.51. The zero-order valence-corrected chi connectivity index (χ0v) is 14.6. The van der Waals surface area contributed by atoms with E-state index in [1.165, 1.54) is 7.11 Å². The molecule has 0 aromatic carbocycles. The number of carbonyl (C=O) groups excluding carboxylic acids is 1. The van der Waals surface area contributed by atoms with Crippen LogP contribution in [-0.4, -0.2) is 51.5 Å². The fourth-order valence-corrected chi connectivity index (χ4v) is 3.41. The van der Waals surface area contributed by atoms with Crippen molar-refractivity contribution >= 4 is 5.91 Å². The molecule has 2 aromatic heterocycles. The molecule has 0 spiro atoms. The highest BCUT2D eigenvalue weighted by Gasteiger charge is 2.34. The van der Waals surface area contributed by atoms with E-state index in [1.54, 1.807) is 17.0 Å². The maximum Gasteiger partial charge on any atom is 0.275 e. The van der Waals surface area contributed by atoms with Crippen molar-refractivity contribution in [3.05, 3.63) is 29.6 Å². The van der Waals surface area contributed by atoms with Gasteiger partial charge in [-0.1, -0.05) is 0 Å². The van der Waals surface area contributed by atoms with Crippen molar-refractivity contribution in [2.24, 2.45) is 0 Å². The molecule has 0 radical (unpaired) electrons.